The Kier molecular flexibility index (Phi) is 3.68. The van der Waals surface area contributed by atoms with Gasteiger partial charge in [-0.15, -0.1) is 12.4 Å². The Hall–Kier alpha value is -1.72. The Morgan fingerprint density at radius 1 is 1.00 bits per heavy atom. The lowest BCUT2D eigenvalue weighted by Crippen LogP contribution is -2.41. The zero-order valence-corrected chi connectivity index (χ0v) is 11.8. The molecule has 1 aliphatic rings. The van der Waals surface area contributed by atoms with Gasteiger partial charge in [0.15, 0.2) is 0 Å². The van der Waals surface area contributed by atoms with Gasteiger partial charge in [-0.05, 0) is 11.6 Å². The van der Waals surface area contributed by atoms with Gasteiger partial charge in [0, 0.05) is 29.4 Å². The molecule has 2 aromatic rings. The van der Waals surface area contributed by atoms with E-state index in [4.69, 9.17) is 0 Å². The number of benzene rings is 2. The lowest BCUT2D eigenvalue weighted by atomic mass is 9.91. The number of aliphatic hydroxyl groups is 1. The number of fused-ring (bicyclic) bond motifs is 3. The normalized spacial score (nSPS) is 19.5. The number of alkyl halides is 3. The number of anilines is 1. The van der Waals surface area contributed by atoms with E-state index in [0.717, 1.165) is 0 Å². The van der Waals surface area contributed by atoms with Gasteiger partial charge in [-0.25, -0.2) is 0 Å². The monoisotopic (exact) mass is 315 g/mol. The van der Waals surface area contributed by atoms with Crippen molar-refractivity contribution in [3.63, 3.8) is 0 Å². The van der Waals surface area contributed by atoms with Crippen LogP contribution in [0.1, 0.15) is 11.1 Å². The summed E-state index contributed by atoms with van der Waals surface area (Å²) in [6, 6.07) is 10.6. The molecule has 2 nitrogen and oxygen atoms in total. The Labute approximate surface area is 126 Å². The van der Waals surface area contributed by atoms with Crippen LogP contribution in [0.5, 0.6) is 0 Å². The molecule has 112 valence electrons. The van der Waals surface area contributed by atoms with Crippen molar-refractivity contribution in [2.75, 3.05) is 12.4 Å². The lowest BCUT2D eigenvalue weighted by Gasteiger charge is -2.28. The molecule has 2 N–H and O–H groups in total. The second-order valence-electron chi connectivity index (χ2n) is 4.73. The van der Waals surface area contributed by atoms with Crippen LogP contribution in [0.4, 0.5) is 18.9 Å². The average molecular weight is 316 g/mol. The molecule has 0 radical (unpaired) electrons. The highest BCUT2D eigenvalue weighted by Crippen LogP contribution is 2.56. The van der Waals surface area contributed by atoms with Crippen molar-refractivity contribution in [2.24, 2.45) is 0 Å². The van der Waals surface area contributed by atoms with Crippen LogP contribution >= 0.6 is 12.4 Å². The molecule has 0 spiro atoms. The quantitative estimate of drug-likeness (QED) is 0.835. The Balaban J connectivity index is 0.00000161. The maximum atomic E-state index is 13.5. The summed E-state index contributed by atoms with van der Waals surface area (Å²) in [5, 5.41) is 13.3. The van der Waals surface area contributed by atoms with Gasteiger partial charge in [0.05, 0.1) is 0 Å². The van der Waals surface area contributed by atoms with E-state index >= 15 is 0 Å². The molecule has 3 rings (SSSR count). The SMILES string of the molecule is CNc1cccc2c1-c1ccccc1C2(O)C(F)(F)F.Cl. The third kappa shape index (κ3) is 1.92. The summed E-state index contributed by atoms with van der Waals surface area (Å²) in [6.45, 7) is 0. The summed E-state index contributed by atoms with van der Waals surface area (Å²) >= 11 is 0. The molecule has 21 heavy (non-hydrogen) atoms. The molecule has 2 aromatic carbocycles. The fourth-order valence-corrected chi connectivity index (χ4v) is 2.82. The number of hydrogen-bond donors (Lipinski definition) is 2. The standard InChI is InChI=1S/C15H12F3NO.ClH/c1-19-12-8-4-7-11-13(12)9-5-2-3-6-10(9)14(11,20)15(16,17)18;/h2-8,19-20H,1H3;1H. The molecule has 0 amide bonds. The van der Waals surface area contributed by atoms with Crippen molar-refractivity contribution in [1.29, 1.82) is 0 Å². The fourth-order valence-electron chi connectivity index (χ4n) is 2.82. The third-order valence-corrected chi connectivity index (χ3v) is 3.72. The van der Waals surface area contributed by atoms with E-state index in [1.165, 1.54) is 24.3 Å². The topological polar surface area (TPSA) is 32.3 Å². The van der Waals surface area contributed by atoms with Crippen molar-refractivity contribution in [1.82, 2.24) is 0 Å². The molecule has 1 atom stereocenters. The van der Waals surface area contributed by atoms with E-state index in [2.05, 4.69) is 5.32 Å². The highest BCUT2D eigenvalue weighted by Gasteiger charge is 2.61. The predicted molar refractivity (Wildman–Crippen MR) is 77.7 cm³/mol. The summed E-state index contributed by atoms with van der Waals surface area (Å²) in [6.07, 6.45) is -4.78. The molecule has 0 heterocycles. The Morgan fingerprint density at radius 2 is 1.62 bits per heavy atom. The maximum Gasteiger partial charge on any atom is 0.425 e. The molecule has 0 fully saturated rings. The second-order valence-corrected chi connectivity index (χ2v) is 4.73. The van der Waals surface area contributed by atoms with Gasteiger partial charge in [-0.2, -0.15) is 13.2 Å². The summed E-state index contributed by atoms with van der Waals surface area (Å²) in [5.41, 5.74) is -1.82. The van der Waals surface area contributed by atoms with Crippen molar-refractivity contribution in [3.05, 3.63) is 53.6 Å². The number of nitrogens with one attached hydrogen (secondary N) is 1. The van der Waals surface area contributed by atoms with Crippen molar-refractivity contribution in [3.8, 4) is 11.1 Å². The Bertz CT molecular complexity index is 687. The van der Waals surface area contributed by atoms with Gasteiger partial charge in [-0.3, -0.25) is 0 Å². The van der Waals surface area contributed by atoms with Gasteiger partial charge in [0.1, 0.15) is 0 Å². The first-order valence-corrected chi connectivity index (χ1v) is 6.11. The van der Waals surface area contributed by atoms with E-state index in [9.17, 15) is 18.3 Å². The van der Waals surface area contributed by atoms with Gasteiger partial charge < -0.3 is 10.4 Å². The van der Waals surface area contributed by atoms with Crippen LogP contribution in [0, 0.1) is 0 Å². The van der Waals surface area contributed by atoms with Crippen molar-refractivity contribution < 1.29 is 18.3 Å². The first-order valence-electron chi connectivity index (χ1n) is 6.11. The Morgan fingerprint density at radius 3 is 2.24 bits per heavy atom. The molecule has 0 saturated carbocycles. The highest BCUT2D eigenvalue weighted by atomic mass is 35.5. The largest absolute Gasteiger partial charge is 0.425 e. The van der Waals surface area contributed by atoms with Crippen molar-refractivity contribution in [2.45, 2.75) is 11.8 Å². The van der Waals surface area contributed by atoms with E-state index < -0.39 is 11.8 Å². The highest BCUT2D eigenvalue weighted by molar-refractivity contribution is 5.89. The fraction of sp³-hybridized carbons (Fsp3) is 0.200. The molecule has 0 bridgehead atoms. The third-order valence-electron chi connectivity index (χ3n) is 3.72. The molecular formula is C15H13ClF3NO. The lowest BCUT2D eigenvalue weighted by molar-refractivity contribution is -0.246. The van der Waals surface area contributed by atoms with Crippen LogP contribution in [0.25, 0.3) is 11.1 Å². The molecule has 0 aromatic heterocycles. The molecule has 0 aliphatic heterocycles. The van der Waals surface area contributed by atoms with Crippen LogP contribution in [0.2, 0.25) is 0 Å². The molecule has 6 heteroatoms. The minimum atomic E-state index is -4.78. The zero-order valence-electron chi connectivity index (χ0n) is 11.0. The van der Waals surface area contributed by atoms with Crippen molar-refractivity contribution >= 4 is 18.1 Å². The van der Waals surface area contributed by atoms with Crippen LogP contribution in [0.3, 0.4) is 0 Å². The summed E-state index contributed by atoms with van der Waals surface area (Å²) < 4.78 is 40.4. The van der Waals surface area contributed by atoms with E-state index in [1.54, 1.807) is 25.2 Å². The average Bonchev–Trinajstić information content (AvgIpc) is 2.70. The molecule has 0 saturated heterocycles. The van der Waals surface area contributed by atoms with E-state index in [-0.39, 0.29) is 23.5 Å². The number of hydrogen-bond acceptors (Lipinski definition) is 2. The van der Waals surface area contributed by atoms with Crippen LogP contribution in [0.15, 0.2) is 42.5 Å². The van der Waals surface area contributed by atoms with E-state index in [0.29, 0.717) is 16.8 Å². The minimum Gasteiger partial charge on any atom is -0.388 e. The first-order chi connectivity index (χ1) is 9.41. The number of rotatable bonds is 1. The smallest absolute Gasteiger partial charge is 0.388 e. The van der Waals surface area contributed by atoms with Crippen LogP contribution < -0.4 is 5.32 Å². The van der Waals surface area contributed by atoms with Gasteiger partial charge in [-0.1, -0.05) is 36.4 Å². The summed E-state index contributed by atoms with van der Waals surface area (Å²) in [4.78, 5) is 0. The van der Waals surface area contributed by atoms with Gasteiger partial charge >= 0.3 is 6.18 Å². The maximum absolute atomic E-state index is 13.5. The van der Waals surface area contributed by atoms with Crippen LogP contribution in [-0.4, -0.2) is 18.3 Å². The minimum absolute atomic E-state index is 0. The van der Waals surface area contributed by atoms with Gasteiger partial charge in [0.25, 0.3) is 0 Å². The molecule has 1 aliphatic carbocycles. The summed E-state index contributed by atoms with van der Waals surface area (Å²) in [5.74, 6) is 0. The second kappa shape index (κ2) is 4.93. The number of halogens is 4. The van der Waals surface area contributed by atoms with Crippen LogP contribution in [-0.2, 0) is 5.60 Å². The molecule has 1 unspecified atom stereocenters. The molecular weight excluding hydrogens is 303 g/mol. The van der Waals surface area contributed by atoms with Gasteiger partial charge in [0.2, 0.25) is 5.60 Å². The first kappa shape index (κ1) is 15.7. The summed E-state index contributed by atoms with van der Waals surface area (Å²) in [7, 11) is 1.64. The van der Waals surface area contributed by atoms with E-state index in [1.807, 2.05) is 0 Å². The predicted octanol–water partition coefficient (Wildman–Crippen LogP) is 3.93. The zero-order chi connectivity index (χ0) is 14.5.